The number of ether oxygens (including phenoxy) is 1. The van der Waals surface area contributed by atoms with E-state index in [1.807, 2.05) is 13.0 Å². The molecule has 78 valence electrons. The highest BCUT2D eigenvalue weighted by atomic mass is 16.5. The van der Waals surface area contributed by atoms with Crippen molar-refractivity contribution in [2.24, 2.45) is 5.41 Å². The molecule has 0 aromatic carbocycles. The molecular weight excluding hydrogens is 162 g/mol. The van der Waals surface area contributed by atoms with Crippen LogP contribution in [0.5, 0.6) is 0 Å². The maximum Gasteiger partial charge on any atom is 0.0566 e. The summed E-state index contributed by atoms with van der Waals surface area (Å²) in [5.41, 5.74) is 0.0558. The summed E-state index contributed by atoms with van der Waals surface area (Å²) in [5.74, 6) is 0. The van der Waals surface area contributed by atoms with Crippen molar-refractivity contribution in [1.29, 1.82) is 0 Å². The van der Waals surface area contributed by atoms with Gasteiger partial charge in [0.2, 0.25) is 0 Å². The van der Waals surface area contributed by atoms with Crippen molar-refractivity contribution >= 4 is 0 Å². The van der Waals surface area contributed by atoms with Crippen LogP contribution < -0.4 is 5.32 Å². The number of hydrogen-bond donors (Lipinski definition) is 1. The van der Waals surface area contributed by atoms with Gasteiger partial charge in [-0.1, -0.05) is 26.8 Å². The Hall–Kier alpha value is -0.340. The average molecular weight is 185 g/mol. The summed E-state index contributed by atoms with van der Waals surface area (Å²) < 4.78 is 5.41. The van der Waals surface area contributed by atoms with Crippen LogP contribution >= 0.6 is 0 Å². The smallest absolute Gasteiger partial charge is 0.0566 e. The Morgan fingerprint density at radius 3 is 2.54 bits per heavy atom. The SMILES string of the molecule is C=CC(C)(CNC(C)C)COCC. The van der Waals surface area contributed by atoms with Crippen molar-refractivity contribution in [1.82, 2.24) is 5.32 Å². The molecule has 0 fully saturated rings. The molecule has 0 aliphatic carbocycles. The maximum atomic E-state index is 5.41. The Kier molecular flexibility index (Phi) is 6.00. The molecule has 1 atom stereocenters. The predicted octanol–water partition coefficient (Wildman–Crippen LogP) is 2.21. The first-order chi connectivity index (χ1) is 6.04. The van der Waals surface area contributed by atoms with Crippen molar-refractivity contribution in [2.45, 2.75) is 33.7 Å². The molecule has 1 N–H and O–H groups in total. The van der Waals surface area contributed by atoms with E-state index in [4.69, 9.17) is 4.74 Å². The summed E-state index contributed by atoms with van der Waals surface area (Å²) in [6.07, 6.45) is 1.97. The lowest BCUT2D eigenvalue weighted by molar-refractivity contribution is 0.0841. The quantitative estimate of drug-likeness (QED) is 0.614. The predicted molar refractivity (Wildman–Crippen MR) is 57.9 cm³/mol. The third-order valence-corrected chi connectivity index (χ3v) is 2.04. The largest absolute Gasteiger partial charge is 0.381 e. The van der Waals surface area contributed by atoms with Crippen LogP contribution in [0, 0.1) is 5.41 Å². The third kappa shape index (κ3) is 5.83. The molecule has 0 saturated heterocycles. The van der Waals surface area contributed by atoms with Gasteiger partial charge < -0.3 is 10.1 Å². The first-order valence-corrected chi connectivity index (χ1v) is 4.99. The maximum absolute atomic E-state index is 5.41. The summed E-state index contributed by atoms with van der Waals surface area (Å²) in [4.78, 5) is 0. The van der Waals surface area contributed by atoms with E-state index < -0.39 is 0 Å². The normalized spacial score (nSPS) is 15.8. The number of hydrogen-bond acceptors (Lipinski definition) is 2. The lowest BCUT2D eigenvalue weighted by Gasteiger charge is -2.26. The van der Waals surface area contributed by atoms with E-state index in [1.54, 1.807) is 0 Å². The fraction of sp³-hybridized carbons (Fsp3) is 0.818. The highest BCUT2D eigenvalue weighted by Crippen LogP contribution is 2.16. The fourth-order valence-corrected chi connectivity index (χ4v) is 0.955. The van der Waals surface area contributed by atoms with Crippen LogP contribution in [0.25, 0.3) is 0 Å². The van der Waals surface area contributed by atoms with Gasteiger partial charge in [-0.25, -0.2) is 0 Å². The van der Waals surface area contributed by atoms with Gasteiger partial charge in [0.1, 0.15) is 0 Å². The molecular formula is C11H23NO. The van der Waals surface area contributed by atoms with Crippen molar-refractivity contribution < 1.29 is 4.74 Å². The highest BCUT2D eigenvalue weighted by molar-refractivity contribution is 4.93. The van der Waals surface area contributed by atoms with Gasteiger partial charge in [0.05, 0.1) is 6.61 Å². The summed E-state index contributed by atoms with van der Waals surface area (Å²) >= 11 is 0. The van der Waals surface area contributed by atoms with Crippen LogP contribution in [0.1, 0.15) is 27.7 Å². The second kappa shape index (κ2) is 6.17. The minimum absolute atomic E-state index is 0.0558. The van der Waals surface area contributed by atoms with Crippen molar-refractivity contribution in [2.75, 3.05) is 19.8 Å². The van der Waals surface area contributed by atoms with Crippen LogP contribution in [-0.4, -0.2) is 25.8 Å². The van der Waals surface area contributed by atoms with E-state index in [0.29, 0.717) is 6.04 Å². The van der Waals surface area contributed by atoms with E-state index in [1.165, 1.54) is 0 Å². The molecule has 0 radical (unpaired) electrons. The summed E-state index contributed by atoms with van der Waals surface area (Å²) in [6, 6.07) is 0.515. The molecule has 1 unspecified atom stereocenters. The number of rotatable bonds is 7. The summed E-state index contributed by atoms with van der Waals surface area (Å²) in [5, 5.41) is 3.39. The zero-order valence-corrected chi connectivity index (χ0v) is 9.39. The van der Waals surface area contributed by atoms with Gasteiger partial charge in [0.15, 0.2) is 0 Å². The monoisotopic (exact) mass is 185 g/mol. The first-order valence-electron chi connectivity index (χ1n) is 4.99. The van der Waals surface area contributed by atoms with Crippen LogP contribution in [0.4, 0.5) is 0 Å². The van der Waals surface area contributed by atoms with Gasteiger partial charge in [0.25, 0.3) is 0 Å². The molecule has 0 aromatic rings. The minimum atomic E-state index is 0.0558. The van der Waals surface area contributed by atoms with E-state index in [9.17, 15) is 0 Å². The van der Waals surface area contributed by atoms with Gasteiger partial charge in [-0.3, -0.25) is 0 Å². The van der Waals surface area contributed by atoms with Gasteiger partial charge >= 0.3 is 0 Å². The first kappa shape index (κ1) is 12.7. The average Bonchev–Trinajstić information content (AvgIpc) is 2.11. The zero-order valence-electron chi connectivity index (χ0n) is 9.39. The Morgan fingerprint density at radius 2 is 2.15 bits per heavy atom. The molecule has 2 heteroatoms. The molecule has 13 heavy (non-hydrogen) atoms. The molecule has 0 bridgehead atoms. The second-order valence-corrected chi connectivity index (χ2v) is 4.03. The summed E-state index contributed by atoms with van der Waals surface area (Å²) in [7, 11) is 0. The van der Waals surface area contributed by atoms with Crippen molar-refractivity contribution in [3.63, 3.8) is 0 Å². The Bertz CT molecular complexity index is 145. The molecule has 0 aliphatic rings. The summed E-state index contributed by atoms with van der Waals surface area (Å²) in [6.45, 7) is 14.7. The van der Waals surface area contributed by atoms with E-state index >= 15 is 0 Å². The van der Waals surface area contributed by atoms with Crippen molar-refractivity contribution in [3.8, 4) is 0 Å². The van der Waals surface area contributed by atoms with Gasteiger partial charge in [-0.2, -0.15) is 0 Å². The zero-order chi connectivity index (χ0) is 10.3. The van der Waals surface area contributed by atoms with Crippen LogP contribution in [0.2, 0.25) is 0 Å². The lowest BCUT2D eigenvalue weighted by atomic mass is 9.92. The van der Waals surface area contributed by atoms with Gasteiger partial charge in [-0.15, -0.1) is 6.58 Å². The van der Waals surface area contributed by atoms with Gasteiger partial charge in [-0.05, 0) is 6.92 Å². The van der Waals surface area contributed by atoms with Crippen molar-refractivity contribution in [3.05, 3.63) is 12.7 Å². The molecule has 2 nitrogen and oxygen atoms in total. The van der Waals surface area contributed by atoms with Crippen LogP contribution in [0.3, 0.4) is 0 Å². The highest BCUT2D eigenvalue weighted by Gasteiger charge is 2.20. The Labute approximate surface area is 82.4 Å². The standard InChI is InChI=1S/C11H23NO/c1-6-11(5,9-13-7-2)8-12-10(3)4/h6,10,12H,1,7-9H2,2-5H3. The fourth-order valence-electron chi connectivity index (χ4n) is 0.955. The molecule has 0 spiro atoms. The lowest BCUT2D eigenvalue weighted by Crippen LogP contribution is -2.37. The van der Waals surface area contributed by atoms with Crippen LogP contribution in [0.15, 0.2) is 12.7 Å². The molecule has 0 saturated carbocycles. The molecule has 0 aromatic heterocycles. The minimum Gasteiger partial charge on any atom is -0.381 e. The second-order valence-electron chi connectivity index (χ2n) is 4.03. The molecule has 0 amide bonds. The van der Waals surface area contributed by atoms with E-state index in [2.05, 4.69) is 32.7 Å². The van der Waals surface area contributed by atoms with E-state index in [-0.39, 0.29) is 5.41 Å². The molecule has 0 rings (SSSR count). The Balaban J connectivity index is 3.88. The topological polar surface area (TPSA) is 21.3 Å². The number of nitrogens with one attached hydrogen (secondary N) is 1. The molecule has 0 heterocycles. The van der Waals surface area contributed by atoms with E-state index in [0.717, 1.165) is 19.8 Å². The van der Waals surface area contributed by atoms with Crippen LogP contribution in [-0.2, 0) is 4.74 Å². The van der Waals surface area contributed by atoms with Gasteiger partial charge in [0, 0.05) is 24.6 Å². The third-order valence-electron chi connectivity index (χ3n) is 2.04. The molecule has 0 aliphatic heterocycles. The Morgan fingerprint density at radius 1 is 1.54 bits per heavy atom.